The highest BCUT2D eigenvalue weighted by Crippen LogP contribution is 2.08. The van der Waals surface area contributed by atoms with Gasteiger partial charge in [0.1, 0.15) is 6.04 Å². The van der Waals surface area contributed by atoms with Crippen LogP contribution in [0, 0.1) is 0 Å². The van der Waals surface area contributed by atoms with Crippen molar-refractivity contribution in [3.05, 3.63) is 29.8 Å². The number of hydrogen-bond acceptors (Lipinski definition) is 5. The van der Waals surface area contributed by atoms with Crippen molar-refractivity contribution < 1.29 is 23.4 Å². The van der Waals surface area contributed by atoms with Crippen LogP contribution in [0.1, 0.15) is 5.56 Å². The maximum absolute atomic E-state index is 11.1. The lowest BCUT2D eigenvalue weighted by Gasteiger charge is -2.15. The van der Waals surface area contributed by atoms with Gasteiger partial charge >= 0.3 is 5.97 Å². The van der Waals surface area contributed by atoms with Crippen LogP contribution in [0.5, 0.6) is 0 Å². The van der Waals surface area contributed by atoms with Gasteiger partial charge in [-0.05, 0) is 29.9 Å². The van der Waals surface area contributed by atoms with E-state index in [0.717, 1.165) is 5.56 Å². The number of primary sulfonamides is 1. The van der Waals surface area contributed by atoms with Crippen molar-refractivity contribution in [3.63, 3.8) is 0 Å². The molecule has 0 aromatic heterocycles. The lowest BCUT2D eigenvalue weighted by atomic mass is 10.2. The fourth-order valence-corrected chi connectivity index (χ4v) is 2.10. The van der Waals surface area contributed by atoms with Crippen LogP contribution in [0.4, 0.5) is 0 Å². The lowest BCUT2D eigenvalue weighted by molar-refractivity contribution is -0.140. The van der Waals surface area contributed by atoms with Crippen molar-refractivity contribution in [2.24, 2.45) is 5.14 Å². The highest BCUT2D eigenvalue weighted by atomic mass is 32.2. The molecule has 0 spiro atoms. The summed E-state index contributed by atoms with van der Waals surface area (Å²) in [7, 11) is -3.73. The zero-order valence-electron chi connectivity index (χ0n) is 10.8. The molecule has 0 radical (unpaired) electrons. The van der Waals surface area contributed by atoms with Crippen LogP contribution >= 0.6 is 12.2 Å². The molecule has 116 valence electrons. The van der Waals surface area contributed by atoms with E-state index >= 15 is 0 Å². The molecule has 10 heteroatoms. The summed E-state index contributed by atoms with van der Waals surface area (Å²) in [6.07, 6.45) is 0. The Morgan fingerprint density at radius 2 is 1.90 bits per heavy atom. The number of hydrogen-bond donors (Lipinski definition) is 5. The van der Waals surface area contributed by atoms with Gasteiger partial charge < -0.3 is 20.8 Å². The third-order valence-corrected chi connectivity index (χ3v) is 3.68. The normalized spacial score (nSPS) is 12.5. The first kappa shape index (κ1) is 17.3. The van der Waals surface area contributed by atoms with Gasteiger partial charge in [0.15, 0.2) is 5.11 Å². The van der Waals surface area contributed by atoms with Crippen molar-refractivity contribution >= 4 is 33.3 Å². The second-order valence-electron chi connectivity index (χ2n) is 4.09. The van der Waals surface area contributed by atoms with Gasteiger partial charge in [-0.1, -0.05) is 12.1 Å². The highest BCUT2D eigenvalue weighted by molar-refractivity contribution is 7.89. The second kappa shape index (κ2) is 7.31. The first-order valence-electron chi connectivity index (χ1n) is 5.74. The van der Waals surface area contributed by atoms with Gasteiger partial charge in [-0.25, -0.2) is 18.4 Å². The molecule has 6 N–H and O–H groups in total. The third kappa shape index (κ3) is 5.63. The van der Waals surface area contributed by atoms with E-state index in [1.54, 1.807) is 12.1 Å². The Bertz CT molecular complexity index is 615. The van der Waals surface area contributed by atoms with Gasteiger partial charge in [-0.3, -0.25) is 0 Å². The number of rotatable bonds is 6. The summed E-state index contributed by atoms with van der Waals surface area (Å²) in [6, 6.07) is 4.63. The van der Waals surface area contributed by atoms with E-state index < -0.39 is 28.6 Å². The van der Waals surface area contributed by atoms with Crippen molar-refractivity contribution in [1.82, 2.24) is 10.6 Å². The standard InChI is InChI=1S/C11H15N3O5S2/c12-21(18,19)8-3-1-7(2-4-8)5-13-11(20)14-9(6-15)10(16)17/h1-4,9,15H,5-6H2,(H,16,17)(H2,12,18,19)(H2,13,14,20). The molecule has 8 nitrogen and oxygen atoms in total. The van der Waals surface area contributed by atoms with E-state index in [1.807, 2.05) is 0 Å². The molecule has 21 heavy (non-hydrogen) atoms. The molecule has 0 aliphatic rings. The van der Waals surface area contributed by atoms with E-state index in [4.69, 9.17) is 27.6 Å². The van der Waals surface area contributed by atoms with E-state index in [1.165, 1.54) is 12.1 Å². The monoisotopic (exact) mass is 333 g/mol. The van der Waals surface area contributed by atoms with Gasteiger partial charge in [0, 0.05) is 6.54 Å². The zero-order chi connectivity index (χ0) is 16.0. The van der Waals surface area contributed by atoms with Crippen molar-refractivity contribution in [2.75, 3.05) is 6.61 Å². The van der Waals surface area contributed by atoms with Gasteiger partial charge in [0.05, 0.1) is 11.5 Å². The molecule has 0 heterocycles. The molecule has 0 saturated carbocycles. The number of aliphatic hydroxyl groups excluding tert-OH is 1. The Balaban J connectivity index is 2.56. The molecular formula is C11H15N3O5S2. The summed E-state index contributed by atoms with van der Waals surface area (Å²) in [4.78, 5) is 10.7. The smallest absolute Gasteiger partial charge is 0.328 e. The molecular weight excluding hydrogens is 318 g/mol. The first-order chi connectivity index (χ1) is 9.74. The van der Waals surface area contributed by atoms with Crippen LogP contribution in [0.25, 0.3) is 0 Å². The van der Waals surface area contributed by atoms with E-state index in [0.29, 0.717) is 0 Å². The van der Waals surface area contributed by atoms with Crippen LogP contribution in [-0.2, 0) is 21.4 Å². The van der Waals surface area contributed by atoms with Crippen LogP contribution in [0.3, 0.4) is 0 Å². The number of benzene rings is 1. The van der Waals surface area contributed by atoms with Crippen LogP contribution < -0.4 is 15.8 Å². The predicted molar refractivity (Wildman–Crippen MR) is 78.9 cm³/mol. The Hall–Kier alpha value is -1.75. The highest BCUT2D eigenvalue weighted by Gasteiger charge is 2.16. The minimum absolute atomic E-state index is 0.00169. The molecule has 0 bridgehead atoms. The summed E-state index contributed by atoms with van der Waals surface area (Å²) in [5, 5.41) is 27.8. The summed E-state index contributed by atoms with van der Waals surface area (Å²) in [5.74, 6) is -1.22. The molecule has 1 aromatic carbocycles. The number of thiocarbonyl (C=S) groups is 1. The zero-order valence-corrected chi connectivity index (χ0v) is 12.4. The Kier molecular flexibility index (Phi) is 6.03. The van der Waals surface area contributed by atoms with Gasteiger partial charge in [0.2, 0.25) is 10.0 Å². The Morgan fingerprint density at radius 3 is 2.33 bits per heavy atom. The van der Waals surface area contributed by atoms with Gasteiger partial charge in [0.25, 0.3) is 0 Å². The number of carbonyl (C=O) groups is 1. The molecule has 0 aliphatic heterocycles. The SMILES string of the molecule is NS(=O)(=O)c1ccc(CNC(=S)NC(CO)C(=O)O)cc1. The number of nitrogens with two attached hydrogens (primary N) is 1. The molecule has 0 amide bonds. The van der Waals surface area contributed by atoms with Crippen molar-refractivity contribution in [3.8, 4) is 0 Å². The number of carboxylic acids is 1. The maximum Gasteiger partial charge on any atom is 0.328 e. The number of aliphatic carboxylic acids is 1. The van der Waals surface area contributed by atoms with Gasteiger partial charge in [-0.2, -0.15) is 0 Å². The summed E-state index contributed by atoms with van der Waals surface area (Å²) >= 11 is 4.89. The molecule has 0 aliphatic carbocycles. The number of sulfonamides is 1. The second-order valence-corrected chi connectivity index (χ2v) is 6.06. The molecule has 0 fully saturated rings. The summed E-state index contributed by atoms with van der Waals surface area (Å²) < 4.78 is 22.2. The van der Waals surface area contributed by atoms with Crippen molar-refractivity contribution in [1.29, 1.82) is 0 Å². The maximum atomic E-state index is 11.1. The topological polar surface area (TPSA) is 142 Å². The van der Waals surface area contributed by atoms with Gasteiger partial charge in [-0.15, -0.1) is 0 Å². The van der Waals surface area contributed by atoms with Crippen LogP contribution in [0.2, 0.25) is 0 Å². The lowest BCUT2D eigenvalue weighted by Crippen LogP contribution is -2.47. The minimum atomic E-state index is -3.73. The average molecular weight is 333 g/mol. The molecule has 1 atom stereocenters. The number of nitrogens with one attached hydrogen (secondary N) is 2. The van der Waals surface area contributed by atoms with E-state index in [9.17, 15) is 13.2 Å². The molecule has 0 saturated heterocycles. The number of carboxylic acid groups (broad SMARTS) is 1. The fourth-order valence-electron chi connectivity index (χ4n) is 1.37. The molecule has 1 aromatic rings. The van der Waals surface area contributed by atoms with Crippen molar-refractivity contribution in [2.45, 2.75) is 17.5 Å². The predicted octanol–water partition coefficient (Wildman–Crippen LogP) is -1.26. The summed E-state index contributed by atoms with van der Waals surface area (Å²) in [6.45, 7) is -0.339. The summed E-state index contributed by atoms with van der Waals surface area (Å²) in [5.41, 5.74) is 0.724. The van der Waals surface area contributed by atoms with Crippen LogP contribution in [0.15, 0.2) is 29.2 Å². The third-order valence-electron chi connectivity index (χ3n) is 2.49. The Labute approximate surface area is 127 Å². The Morgan fingerprint density at radius 1 is 1.33 bits per heavy atom. The average Bonchev–Trinajstić information content (AvgIpc) is 2.41. The quantitative estimate of drug-likeness (QED) is 0.406. The largest absolute Gasteiger partial charge is 0.480 e. The first-order valence-corrected chi connectivity index (χ1v) is 7.69. The van der Waals surface area contributed by atoms with Crippen LogP contribution in [-0.4, -0.2) is 42.4 Å². The molecule has 1 rings (SSSR count). The fraction of sp³-hybridized carbons (Fsp3) is 0.273. The minimum Gasteiger partial charge on any atom is -0.480 e. The number of aliphatic hydroxyl groups is 1. The van der Waals surface area contributed by atoms with E-state index in [-0.39, 0.29) is 16.6 Å². The van der Waals surface area contributed by atoms with E-state index in [2.05, 4.69) is 10.6 Å². The molecule has 1 unspecified atom stereocenters.